The summed E-state index contributed by atoms with van der Waals surface area (Å²) in [5.41, 5.74) is 1.54. The van der Waals surface area contributed by atoms with Crippen LogP contribution in [0, 0.1) is 6.92 Å². The van der Waals surface area contributed by atoms with Crippen LogP contribution in [0.3, 0.4) is 0 Å². The molecule has 0 radical (unpaired) electrons. The number of nitrogens with one attached hydrogen (secondary N) is 1. The number of rotatable bonds is 7. The zero-order valence-corrected chi connectivity index (χ0v) is 13.3. The van der Waals surface area contributed by atoms with E-state index in [1.807, 2.05) is 6.92 Å². The van der Waals surface area contributed by atoms with Gasteiger partial charge in [-0.2, -0.15) is 0 Å². The summed E-state index contributed by atoms with van der Waals surface area (Å²) >= 11 is 12.6. The molecule has 0 saturated heterocycles. The first kappa shape index (κ1) is 17.1. The van der Waals surface area contributed by atoms with Crippen molar-refractivity contribution in [3.63, 3.8) is 0 Å². The molecule has 0 aromatic heterocycles. The highest BCUT2D eigenvalue weighted by Gasteiger charge is 2.07. The minimum atomic E-state index is -0.453. The number of ether oxygens (including phenoxy) is 1. The number of benzene rings is 1. The maximum Gasteiger partial charge on any atom is 0.320 e. The van der Waals surface area contributed by atoms with Crippen molar-refractivity contribution in [1.29, 1.82) is 0 Å². The van der Waals surface area contributed by atoms with Crippen molar-refractivity contribution in [2.24, 2.45) is 0 Å². The molecular weight excluding hydrogens is 321 g/mol. The fourth-order valence-corrected chi connectivity index (χ4v) is 2.20. The van der Waals surface area contributed by atoms with Gasteiger partial charge in [0.1, 0.15) is 12.5 Å². The number of amides is 1. The Kier molecular flexibility index (Phi) is 7.80. The summed E-state index contributed by atoms with van der Waals surface area (Å²) in [5.74, 6) is 0.101. The molecule has 0 spiro atoms. The van der Waals surface area contributed by atoms with E-state index in [4.69, 9.17) is 27.9 Å². The molecule has 0 heterocycles. The molecule has 110 valence electrons. The molecule has 1 amide bonds. The maximum absolute atomic E-state index is 11.7. The van der Waals surface area contributed by atoms with Crippen LogP contribution in [-0.4, -0.2) is 35.9 Å². The molecule has 0 aliphatic heterocycles. The second kappa shape index (κ2) is 9.10. The predicted molar refractivity (Wildman–Crippen MR) is 83.8 cm³/mol. The van der Waals surface area contributed by atoms with Crippen molar-refractivity contribution < 1.29 is 14.3 Å². The molecule has 0 aliphatic carbocycles. The van der Waals surface area contributed by atoms with Crippen LogP contribution in [0.1, 0.15) is 5.56 Å². The molecular formula is C13H15Cl2NO3S. The van der Waals surface area contributed by atoms with E-state index in [1.165, 1.54) is 11.8 Å². The molecule has 0 saturated carbocycles. The molecule has 0 atom stereocenters. The lowest BCUT2D eigenvalue weighted by atomic mass is 10.2. The normalized spacial score (nSPS) is 10.2. The Hall–Kier alpha value is -0.910. The van der Waals surface area contributed by atoms with Crippen LogP contribution >= 0.6 is 35.0 Å². The third-order valence-electron chi connectivity index (χ3n) is 2.37. The number of hydrogen-bond donors (Lipinski definition) is 1. The Morgan fingerprint density at radius 3 is 2.85 bits per heavy atom. The molecule has 1 N–H and O–H groups in total. The highest BCUT2D eigenvalue weighted by atomic mass is 35.5. The van der Waals surface area contributed by atoms with E-state index in [2.05, 4.69) is 5.32 Å². The van der Waals surface area contributed by atoms with Crippen molar-refractivity contribution >= 4 is 52.5 Å². The van der Waals surface area contributed by atoms with Gasteiger partial charge < -0.3 is 10.1 Å². The Morgan fingerprint density at radius 1 is 1.40 bits per heavy atom. The van der Waals surface area contributed by atoms with Gasteiger partial charge in [-0.05, 0) is 24.6 Å². The Labute approximate surface area is 132 Å². The van der Waals surface area contributed by atoms with Gasteiger partial charge in [-0.25, -0.2) is 0 Å². The fourth-order valence-electron chi connectivity index (χ4n) is 1.35. The minimum absolute atomic E-state index is 0.121. The van der Waals surface area contributed by atoms with Gasteiger partial charge in [0.15, 0.2) is 0 Å². The Bertz CT molecular complexity index is 483. The number of thioether (sulfide) groups is 1. The Morgan fingerprint density at radius 2 is 2.15 bits per heavy atom. The van der Waals surface area contributed by atoms with Crippen LogP contribution < -0.4 is 5.32 Å². The maximum atomic E-state index is 11.7. The summed E-state index contributed by atoms with van der Waals surface area (Å²) < 4.78 is 4.79. The lowest BCUT2D eigenvalue weighted by Crippen LogP contribution is -2.16. The van der Waals surface area contributed by atoms with Gasteiger partial charge >= 0.3 is 5.97 Å². The van der Waals surface area contributed by atoms with Crippen molar-refractivity contribution in [3.8, 4) is 0 Å². The van der Waals surface area contributed by atoms with E-state index in [9.17, 15) is 9.59 Å². The number of halogens is 2. The standard InChI is InChI=1S/C13H15Cl2NO3S/c1-9-10(15)3-2-4-11(9)16-12(17)8-20-6-5-19-13(18)7-14/h2-4H,5-8H2,1H3,(H,16,17). The Balaban J connectivity index is 2.27. The molecule has 20 heavy (non-hydrogen) atoms. The largest absolute Gasteiger partial charge is 0.464 e. The summed E-state index contributed by atoms with van der Waals surface area (Å²) in [6, 6.07) is 5.35. The molecule has 0 bridgehead atoms. The average molecular weight is 336 g/mol. The SMILES string of the molecule is Cc1c(Cl)cccc1NC(=O)CSCCOC(=O)CCl. The lowest BCUT2D eigenvalue weighted by Gasteiger charge is -2.09. The van der Waals surface area contributed by atoms with E-state index in [1.54, 1.807) is 18.2 Å². The second-order valence-corrected chi connectivity index (χ2v) is 5.65. The quantitative estimate of drug-likeness (QED) is 0.472. The summed E-state index contributed by atoms with van der Waals surface area (Å²) in [7, 11) is 0. The number of anilines is 1. The van der Waals surface area contributed by atoms with Gasteiger partial charge in [-0.15, -0.1) is 23.4 Å². The topological polar surface area (TPSA) is 55.4 Å². The van der Waals surface area contributed by atoms with E-state index in [0.717, 1.165) is 5.56 Å². The summed E-state index contributed by atoms with van der Waals surface area (Å²) in [4.78, 5) is 22.5. The molecule has 1 rings (SSSR count). The second-order valence-electron chi connectivity index (χ2n) is 3.87. The van der Waals surface area contributed by atoms with Crippen LogP contribution in [-0.2, 0) is 14.3 Å². The van der Waals surface area contributed by atoms with Crippen molar-refractivity contribution in [3.05, 3.63) is 28.8 Å². The van der Waals surface area contributed by atoms with Crippen LogP contribution in [0.4, 0.5) is 5.69 Å². The third kappa shape index (κ3) is 6.03. The number of esters is 1. The van der Waals surface area contributed by atoms with Gasteiger partial charge in [-0.3, -0.25) is 9.59 Å². The molecule has 0 unspecified atom stereocenters. The number of carbonyl (C=O) groups excluding carboxylic acids is 2. The smallest absolute Gasteiger partial charge is 0.320 e. The van der Waals surface area contributed by atoms with Gasteiger partial charge in [-0.1, -0.05) is 17.7 Å². The molecule has 1 aromatic carbocycles. The van der Waals surface area contributed by atoms with Crippen LogP contribution in [0.5, 0.6) is 0 Å². The van der Waals surface area contributed by atoms with Gasteiger partial charge in [0, 0.05) is 16.5 Å². The number of hydrogen-bond acceptors (Lipinski definition) is 4. The van der Waals surface area contributed by atoms with Crippen LogP contribution in [0.2, 0.25) is 5.02 Å². The lowest BCUT2D eigenvalue weighted by molar-refractivity contribution is -0.139. The molecule has 1 aromatic rings. The van der Waals surface area contributed by atoms with Crippen LogP contribution in [0.15, 0.2) is 18.2 Å². The van der Waals surface area contributed by atoms with Crippen molar-refractivity contribution in [2.45, 2.75) is 6.92 Å². The van der Waals surface area contributed by atoms with E-state index in [-0.39, 0.29) is 24.1 Å². The van der Waals surface area contributed by atoms with Gasteiger partial charge in [0.25, 0.3) is 0 Å². The number of carbonyl (C=O) groups is 2. The highest BCUT2D eigenvalue weighted by molar-refractivity contribution is 7.99. The van der Waals surface area contributed by atoms with Crippen molar-refractivity contribution in [2.75, 3.05) is 29.3 Å². The van der Waals surface area contributed by atoms with E-state index >= 15 is 0 Å². The zero-order chi connectivity index (χ0) is 15.0. The monoisotopic (exact) mass is 335 g/mol. The first-order valence-electron chi connectivity index (χ1n) is 5.89. The summed E-state index contributed by atoms with van der Waals surface area (Å²) in [6.45, 7) is 2.09. The molecule has 0 fully saturated rings. The van der Waals surface area contributed by atoms with E-state index < -0.39 is 5.97 Å². The zero-order valence-electron chi connectivity index (χ0n) is 10.9. The predicted octanol–water partition coefficient (Wildman–Crippen LogP) is 3.10. The van der Waals surface area contributed by atoms with Crippen molar-refractivity contribution in [1.82, 2.24) is 0 Å². The summed E-state index contributed by atoms with van der Waals surface area (Å²) in [6.07, 6.45) is 0. The van der Waals surface area contributed by atoms with Gasteiger partial charge in [0.2, 0.25) is 5.91 Å². The first-order chi connectivity index (χ1) is 9.54. The average Bonchev–Trinajstić information content (AvgIpc) is 2.43. The highest BCUT2D eigenvalue weighted by Crippen LogP contribution is 2.22. The first-order valence-corrected chi connectivity index (χ1v) is 7.95. The molecule has 7 heteroatoms. The summed E-state index contributed by atoms with van der Waals surface area (Å²) in [5, 5.41) is 3.40. The fraction of sp³-hybridized carbons (Fsp3) is 0.385. The molecule has 0 aliphatic rings. The molecule has 4 nitrogen and oxygen atoms in total. The van der Waals surface area contributed by atoms with Crippen LogP contribution in [0.25, 0.3) is 0 Å². The van der Waals surface area contributed by atoms with E-state index in [0.29, 0.717) is 16.5 Å². The number of alkyl halides is 1. The van der Waals surface area contributed by atoms with Gasteiger partial charge in [0.05, 0.1) is 5.75 Å². The third-order valence-corrected chi connectivity index (χ3v) is 3.92. The minimum Gasteiger partial charge on any atom is -0.464 e.